The van der Waals surface area contributed by atoms with Crippen LogP contribution in [0.2, 0.25) is 0 Å². The predicted octanol–water partition coefficient (Wildman–Crippen LogP) is -2.97. The summed E-state index contributed by atoms with van der Waals surface area (Å²) in [6, 6.07) is 0. The van der Waals surface area contributed by atoms with Gasteiger partial charge in [0.25, 0.3) is 0 Å². The first-order valence-electron chi connectivity index (χ1n) is 3.10. The molecule has 0 aliphatic rings. The maximum atomic E-state index is 9.34. The molecular formula is H6O15S6. The van der Waals surface area contributed by atoms with Gasteiger partial charge in [0.1, 0.15) is 0 Å². The van der Waals surface area contributed by atoms with E-state index in [2.05, 4.69) is 0 Å². The zero-order valence-electron chi connectivity index (χ0n) is 8.81. The van der Waals surface area contributed by atoms with Gasteiger partial charge >= 0.3 is 57.8 Å². The van der Waals surface area contributed by atoms with E-state index in [9.17, 15) is 37.9 Å². The highest BCUT2D eigenvalue weighted by Crippen LogP contribution is 1.84. The van der Waals surface area contributed by atoms with Crippen LogP contribution in [0.4, 0.5) is 0 Å². The van der Waals surface area contributed by atoms with Crippen molar-refractivity contribution in [1.82, 2.24) is 0 Å². The minimum absolute atomic E-state index is 3.16. The molecule has 0 spiro atoms. The Morgan fingerprint density at radius 2 is 0.524 bits per heavy atom. The molecule has 0 saturated heterocycles. The number of rotatable bonds is 3. The second kappa shape index (κ2) is 9.95. The molecule has 0 amide bonds. The van der Waals surface area contributed by atoms with Crippen LogP contribution >= 0.6 is 0 Å². The smallest absolute Gasteiger partial charge is 0.292 e. The summed E-state index contributed by atoms with van der Waals surface area (Å²) in [6.45, 7) is 0. The number of hydrogen-bond acceptors (Lipinski definition) is 9. The molecule has 0 radical (unpaired) electrons. The average Bonchev–Trinajstić information content (AvgIpc) is 2.14. The molecule has 132 valence electrons. The third-order valence-electron chi connectivity index (χ3n) is 0.541. The van der Waals surface area contributed by atoms with E-state index in [1.165, 1.54) is 0 Å². The fourth-order valence-corrected chi connectivity index (χ4v) is 0. The van der Waals surface area contributed by atoms with Gasteiger partial charge in [-0.3, -0.25) is 27.3 Å². The van der Waals surface area contributed by atoms with Crippen molar-refractivity contribution in [3.8, 4) is 0 Å². The molecule has 3 unspecified atom stereocenters. The van der Waals surface area contributed by atoms with E-state index >= 15 is 0 Å². The Kier molecular flexibility index (Phi) is 12.3. The van der Waals surface area contributed by atoms with Gasteiger partial charge in [-0.1, -0.05) is 0 Å². The van der Waals surface area contributed by atoms with Crippen molar-refractivity contribution >= 4 is 57.8 Å². The molecule has 0 aliphatic carbocycles. The quantitative estimate of drug-likeness (QED) is 0.146. The highest BCUT2D eigenvalue weighted by Gasteiger charge is 2.11. The van der Waals surface area contributed by atoms with Gasteiger partial charge < -0.3 is 0 Å². The molecule has 3 atom stereocenters. The molecular weight excluding hydrogens is 432 g/mol. The van der Waals surface area contributed by atoms with E-state index < -0.39 is 57.8 Å². The summed E-state index contributed by atoms with van der Waals surface area (Å²) in [4.78, 5) is 0. The van der Waals surface area contributed by atoms with Gasteiger partial charge in [-0.25, -0.2) is 12.6 Å². The largest absolute Gasteiger partial charge is 0.373 e. The van der Waals surface area contributed by atoms with Crippen LogP contribution in [0.25, 0.3) is 0 Å². The van der Waals surface area contributed by atoms with Crippen LogP contribution in [0.1, 0.15) is 0 Å². The van der Waals surface area contributed by atoms with Gasteiger partial charge in [-0.15, -0.1) is 0 Å². The fraction of sp³-hybridized carbons (Fsp3) is 0. The van der Waals surface area contributed by atoms with Crippen LogP contribution in [0.5, 0.6) is 0 Å². The highest BCUT2D eigenvalue weighted by molar-refractivity contribution is 8.60. The van der Waals surface area contributed by atoms with Crippen molar-refractivity contribution in [3.63, 3.8) is 0 Å². The lowest BCUT2D eigenvalue weighted by Gasteiger charge is -1.80. The normalized spacial score (nSPS) is 16.3. The van der Waals surface area contributed by atoms with Gasteiger partial charge in [0.15, 0.2) is 0 Å². The summed E-state index contributed by atoms with van der Waals surface area (Å²) >= 11 is 0. The van der Waals surface area contributed by atoms with Crippen molar-refractivity contribution in [1.29, 1.82) is 0 Å². The summed E-state index contributed by atoms with van der Waals surface area (Å²) in [6.07, 6.45) is 0. The highest BCUT2D eigenvalue weighted by atomic mass is 33.2. The molecule has 0 fully saturated rings. The zero-order valence-corrected chi connectivity index (χ0v) is 13.7. The molecule has 15 nitrogen and oxygen atoms in total. The Hall–Kier alpha value is 0.0600. The summed E-state index contributed by atoms with van der Waals surface area (Å²) in [7, 11) is -23.6. The average molecular weight is 438 g/mol. The summed E-state index contributed by atoms with van der Waals surface area (Å²) in [5.74, 6) is 0. The molecule has 0 aromatic rings. The summed E-state index contributed by atoms with van der Waals surface area (Å²) in [5, 5.41) is 0. The second-order valence-corrected chi connectivity index (χ2v) is 12.2. The first-order valence-corrected chi connectivity index (χ1v) is 12.3. The molecule has 0 aromatic heterocycles. The van der Waals surface area contributed by atoms with Crippen molar-refractivity contribution in [2.45, 2.75) is 0 Å². The standard InChI is InChI=1S/3H2O5S2/c3*1-6(2)7(3,4)5/h3*(H,1,2)(H,3,4,5). The fourth-order valence-electron chi connectivity index (χ4n) is 0. The maximum Gasteiger partial charge on any atom is 0.373 e. The maximum absolute atomic E-state index is 9.34. The molecule has 0 rings (SSSR count). The molecule has 0 heterocycles. The van der Waals surface area contributed by atoms with Crippen LogP contribution in [0, 0.1) is 0 Å². The molecule has 0 saturated carbocycles. The minimum atomic E-state index is -4.71. The molecule has 6 N–H and O–H groups in total. The lowest BCUT2D eigenvalue weighted by Crippen LogP contribution is -2.03. The Morgan fingerprint density at radius 3 is 0.524 bits per heavy atom. The van der Waals surface area contributed by atoms with E-state index in [0.29, 0.717) is 0 Å². The Bertz CT molecular complexity index is 581. The van der Waals surface area contributed by atoms with Crippen molar-refractivity contribution in [3.05, 3.63) is 0 Å². The van der Waals surface area contributed by atoms with E-state index in [4.69, 9.17) is 27.3 Å². The van der Waals surface area contributed by atoms with E-state index in [-0.39, 0.29) is 0 Å². The lowest BCUT2D eigenvalue weighted by molar-refractivity contribution is 0.487. The van der Waals surface area contributed by atoms with Crippen molar-refractivity contribution in [2.75, 3.05) is 0 Å². The van der Waals surface area contributed by atoms with Crippen LogP contribution in [0.3, 0.4) is 0 Å². The topological polar surface area (TPSA) is 275 Å². The van der Waals surface area contributed by atoms with Crippen LogP contribution < -0.4 is 0 Å². The third-order valence-corrected chi connectivity index (χ3v) is 4.86. The molecule has 0 aromatic carbocycles. The molecule has 0 aliphatic heterocycles. The third kappa shape index (κ3) is 20.1. The van der Waals surface area contributed by atoms with Crippen LogP contribution in [0.15, 0.2) is 0 Å². The molecule has 21 heavy (non-hydrogen) atoms. The SMILES string of the molecule is O=S(O)S(=O)(=O)O.O=S(O)S(=O)(=O)O.O=S(O)S(=O)(=O)O. The second-order valence-electron chi connectivity index (χ2n) is 1.93. The van der Waals surface area contributed by atoms with Crippen molar-refractivity contribution in [2.24, 2.45) is 0 Å². The predicted molar refractivity (Wildman–Crippen MR) is 67.0 cm³/mol. The van der Waals surface area contributed by atoms with Crippen molar-refractivity contribution < 1.29 is 65.2 Å². The lowest BCUT2D eigenvalue weighted by atomic mass is 15.9. The van der Waals surface area contributed by atoms with Crippen LogP contribution in [-0.2, 0) is 57.8 Å². The Labute approximate surface area is 123 Å². The van der Waals surface area contributed by atoms with E-state index in [1.54, 1.807) is 0 Å². The first-order chi connectivity index (χ1) is 8.83. The van der Waals surface area contributed by atoms with Crippen LogP contribution in [-0.4, -0.2) is 65.2 Å². The Morgan fingerprint density at radius 1 is 0.476 bits per heavy atom. The number of hydrogen-bond donors (Lipinski definition) is 6. The summed E-state index contributed by atoms with van der Waals surface area (Å²) in [5.41, 5.74) is 0. The van der Waals surface area contributed by atoms with Gasteiger partial charge in [-0.2, -0.15) is 25.3 Å². The van der Waals surface area contributed by atoms with Gasteiger partial charge in [-0.05, 0) is 0 Å². The molecule has 21 heteroatoms. The Balaban J connectivity index is -0.000000231. The van der Waals surface area contributed by atoms with Gasteiger partial charge in [0.2, 0.25) is 0 Å². The summed E-state index contributed by atoms with van der Waals surface area (Å²) < 4.78 is 129. The monoisotopic (exact) mass is 438 g/mol. The first kappa shape index (κ1) is 26.0. The van der Waals surface area contributed by atoms with E-state index in [1.807, 2.05) is 0 Å². The molecule has 0 bridgehead atoms. The van der Waals surface area contributed by atoms with Gasteiger partial charge in [0, 0.05) is 0 Å². The van der Waals surface area contributed by atoms with E-state index in [0.717, 1.165) is 0 Å². The zero-order chi connectivity index (χ0) is 18.2. The van der Waals surface area contributed by atoms with Gasteiger partial charge in [0.05, 0.1) is 0 Å². The minimum Gasteiger partial charge on any atom is -0.292 e.